The van der Waals surface area contributed by atoms with Crippen LogP contribution in [0.5, 0.6) is 0 Å². The summed E-state index contributed by atoms with van der Waals surface area (Å²) >= 11 is 0. The van der Waals surface area contributed by atoms with Crippen LogP contribution in [0.2, 0.25) is 0 Å². The number of hydrogen-bond donors (Lipinski definition) is 1. The third kappa shape index (κ3) is 3.18. The number of amides is 1. The molecule has 7 nitrogen and oxygen atoms in total. The zero-order chi connectivity index (χ0) is 14.6. The molecule has 0 aromatic carbocycles. The highest BCUT2D eigenvalue weighted by Crippen LogP contribution is 2.15. The van der Waals surface area contributed by atoms with Crippen LogP contribution in [-0.4, -0.2) is 59.7 Å². The second-order valence-corrected chi connectivity index (χ2v) is 6.71. The molecule has 1 fully saturated rings. The molecular formula is C12H20N4O3S. The van der Waals surface area contributed by atoms with Crippen molar-refractivity contribution in [2.45, 2.75) is 31.2 Å². The van der Waals surface area contributed by atoms with Gasteiger partial charge in [-0.3, -0.25) is 4.79 Å². The standard InChI is InChI=1S/C12H20N4O3S/c1-2-4-12(17)15-5-3-6-16(8-7-15)20(18,19)11-9-13-10-14-11/h9-10H,2-8H2,1H3,(H,13,14). The quantitative estimate of drug-likeness (QED) is 0.874. The normalized spacial score (nSPS) is 17.9. The number of H-pyrrole nitrogens is 1. The molecular weight excluding hydrogens is 280 g/mol. The highest BCUT2D eigenvalue weighted by Gasteiger charge is 2.28. The number of aromatic amines is 1. The number of nitrogens with zero attached hydrogens (tertiary/aromatic N) is 3. The van der Waals surface area contributed by atoms with Gasteiger partial charge in [0.2, 0.25) is 5.91 Å². The van der Waals surface area contributed by atoms with Crippen LogP contribution < -0.4 is 0 Å². The third-order valence-electron chi connectivity index (χ3n) is 3.36. The lowest BCUT2D eigenvalue weighted by Crippen LogP contribution is -2.37. The SMILES string of the molecule is CCCC(=O)N1CCCN(S(=O)(=O)c2cnc[nH]2)CC1. The minimum absolute atomic E-state index is 0.103. The highest BCUT2D eigenvalue weighted by molar-refractivity contribution is 7.89. The molecule has 1 aliphatic heterocycles. The Morgan fingerprint density at radius 1 is 1.35 bits per heavy atom. The maximum absolute atomic E-state index is 12.4. The molecule has 2 heterocycles. The maximum atomic E-state index is 12.4. The Kier molecular flexibility index (Phi) is 4.77. The van der Waals surface area contributed by atoms with Gasteiger partial charge in [0.15, 0.2) is 5.03 Å². The van der Waals surface area contributed by atoms with Crippen molar-refractivity contribution < 1.29 is 13.2 Å². The first-order valence-electron chi connectivity index (χ1n) is 6.82. The van der Waals surface area contributed by atoms with E-state index in [1.807, 2.05) is 6.92 Å². The van der Waals surface area contributed by atoms with Crippen LogP contribution in [0.25, 0.3) is 0 Å². The van der Waals surface area contributed by atoms with E-state index in [2.05, 4.69) is 9.97 Å². The molecule has 20 heavy (non-hydrogen) atoms. The van der Waals surface area contributed by atoms with Crippen molar-refractivity contribution in [1.82, 2.24) is 19.2 Å². The number of aromatic nitrogens is 2. The lowest BCUT2D eigenvalue weighted by atomic mass is 10.3. The number of imidazole rings is 1. The van der Waals surface area contributed by atoms with Crippen LogP contribution in [0.15, 0.2) is 17.6 Å². The van der Waals surface area contributed by atoms with Crippen molar-refractivity contribution in [2.75, 3.05) is 26.2 Å². The number of carbonyl (C=O) groups is 1. The second-order valence-electron chi connectivity index (χ2n) is 4.80. The Morgan fingerprint density at radius 2 is 2.15 bits per heavy atom. The average Bonchev–Trinajstić information content (AvgIpc) is 2.84. The molecule has 1 N–H and O–H groups in total. The van der Waals surface area contributed by atoms with E-state index >= 15 is 0 Å². The molecule has 8 heteroatoms. The Morgan fingerprint density at radius 3 is 2.80 bits per heavy atom. The van der Waals surface area contributed by atoms with Crippen molar-refractivity contribution in [2.24, 2.45) is 0 Å². The molecule has 0 radical (unpaired) electrons. The van der Waals surface area contributed by atoms with Crippen molar-refractivity contribution >= 4 is 15.9 Å². The van der Waals surface area contributed by atoms with Crippen molar-refractivity contribution in [3.05, 3.63) is 12.5 Å². The van der Waals surface area contributed by atoms with E-state index in [1.165, 1.54) is 16.8 Å². The number of nitrogens with one attached hydrogen (secondary N) is 1. The molecule has 0 aliphatic carbocycles. The Labute approximate surface area is 119 Å². The number of carbonyl (C=O) groups excluding carboxylic acids is 1. The van der Waals surface area contributed by atoms with E-state index in [-0.39, 0.29) is 10.9 Å². The topological polar surface area (TPSA) is 86.4 Å². The van der Waals surface area contributed by atoms with Gasteiger partial charge < -0.3 is 9.88 Å². The number of rotatable bonds is 4. The lowest BCUT2D eigenvalue weighted by Gasteiger charge is -2.21. The van der Waals surface area contributed by atoms with Gasteiger partial charge in [-0.05, 0) is 12.8 Å². The van der Waals surface area contributed by atoms with E-state index in [0.29, 0.717) is 39.0 Å². The lowest BCUT2D eigenvalue weighted by molar-refractivity contribution is -0.131. The van der Waals surface area contributed by atoms with E-state index in [1.54, 1.807) is 4.90 Å². The summed E-state index contributed by atoms with van der Waals surface area (Å²) in [6.45, 7) is 3.79. The Hall–Kier alpha value is -1.41. The fourth-order valence-electron chi connectivity index (χ4n) is 2.28. The zero-order valence-electron chi connectivity index (χ0n) is 11.6. The summed E-state index contributed by atoms with van der Waals surface area (Å²) < 4.78 is 26.1. The van der Waals surface area contributed by atoms with Gasteiger partial charge in [0.1, 0.15) is 0 Å². The minimum atomic E-state index is -3.53. The van der Waals surface area contributed by atoms with Crippen LogP contribution in [0.3, 0.4) is 0 Å². The van der Waals surface area contributed by atoms with Crippen LogP contribution in [0, 0.1) is 0 Å². The number of sulfonamides is 1. The summed E-state index contributed by atoms with van der Waals surface area (Å²) in [5.74, 6) is 0.105. The molecule has 1 aromatic heterocycles. The first kappa shape index (κ1) is 15.0. The summed E-state index contributed by atoms with van der Waals surface area (Å²) in [5.41, 5.74) is 0. The first-order valence-corrected chi connectivity index (χ1v) is 8.26. The Bertz CT molecular complexity index is 541. The van der Waals surface area contributed by atoms with Crippen LogP contribution in [-0.2, 0) is 14.8 Å². The highest BCUT2D eigenvalue weighted by atomic mass is 32.2. The second kappa shape index (κ2) is 6.36. The minimum Gasteiger partial charge on any atom is -0.341 e. The van der Waals surface area contributed by atoms with Crippen LogP contribution in [0.1, 0.15) is 26.2 Å². The molecule has 112 valence electrons. The van der Waals surface area contributed by atoms with Crippen molar-refractivity contribution in [1.29, 1.82) is 0 Å². The molecule has 1 aromatic rings. The smallest absolute Gasteiger partial charge is 0.260 e. The van der Waals surface area contributed by atoms with Gasteiger partial charge >= 0.3 is 0 Å². The summed E-state index contributed by atoms with van der Waals surface area (Å²) in [4.78, 5) is 20.0. The van der Waals surface area contributed by atoms with E-state index in [0.717, 1.165) is 6.42 Å². The van der Waals surface area contributed by atoms with E-state index < -0.39 is 10.0 Å². The zero-order valence-corrected chi connectivity index (χ0v) is 12.4. The molecule has 0 unspecified atom stereocenters. The molecule has 0 saturated carbocycles. The summed E-state index contributed by atoms with van der Waals surface area (Å²) in [6.07, 6.45) is 4.64. The molecule has 2 rings (SSSR count). The molecule has 0 atom stereocenters. The monoisotopic (exact) mass is 300 g/mol. The fourth-order valence-corrected chi connectivity index (χ4v) is 3.64. The van der Waals surface area contributed by atoms with Gasteiger partial charge in [0.05, 0.1) is 12.5 Å². The molecule has 0 spiro atoms. The predicted octanol–water partition coefficient (Wildman–Crippen LogP) is 0.433. The van der Waals surface area contributed by atoms with Crippen molar-refractivity contribution in [3.63, 3.8) is 0 Å². The summed E-state index contributed by atoms with van der Waals surface area (Å²) in [6, 6.07) is 0. The van der Waals surface area contributed by atoms with Gasteiger partial charge in [-0.1, -0.05) is 6.92 Å². The van der Waals surface area contributed by atoms with Gasteiger partial charge in [0, 0.05) is 32.6 Å². The Balaban J connectivity index is 2.05. The third-order valence-corrected chi connectivity index (χ3v) is 5.19. The van der Waals surface area contributed by atoms with Gasteiger partial charge in [0.25, 0.3) is 10.0 Å². The maximum Gasteiger partial charge on any atom is 0.260 e. The largest absolute Gasteiger partial charge is 0.341 e. The van der Waals surface area contributed by atoms with Crippen molar-refractivity contribution in [3.8, 4) is 0 Å². The molecule has 1 aliphatic rings. The van der Waals surface area contributed by atoms with E-state index in [4.69, 9.17) is 0 Å². The molecule has 0 bridgehead atoms. The molecule has 1 amide bonds. The predicted molar refractivity (Wildman–Crippen MR) is 73.5 cm³/mol. The van der Waals surface area contributed by atoms with Gasteiger partial charge in [-0.15, -0.1) is 0 Å². The summed E-state index contributed by atoms with van der Waals surface area (Å²) in [5, 5.41) is 0.103. The first-order chi connectivity index (χ1) is 9.55. The van der Waals surface area contributed by atoms with Crippen LogP contribution >= 0.6 is 0 Å². The summed E-state index contributed by atoms with van der Waals surface area (Å²) in [7, 11) is -3.53. The van der Waals surface area contributed by atoms with Crippen LogP contribution in [0.4, 0.5) is 0 Å². The van der Waals surface area contributed by atoms with Gasteiger partial charge in [-0.2, -0.15) is 4.31 Å². The van der Waals surface area contributed by atoms with E-state index in [9.17, 15) is 13.2 Å². The number of hydrogen-bond acceptors (Lipinski definition) is 4. The average molecular weight is 300 g/mol. The fraction of sp³-hybridized carbons (Fsp3) is 0.667. The molecule has 1 saturated heterocycles. The van der Waals surface area contributed by atoms with Gasteiger partial charge in [-0.25, -0.2) is 13.4 Å².